The Morgan fingerprint density at radius 1 is 1.05 bits per heavy atom. The number of pyridine rings is 1. The van der Waals surface area contributed by atoms with Gasteiger partial charge in [-0.2, -0.15) is 0 Å². The molecule has 0 bridgehead atoms. The lowest BCUT2D eigenvalue weighted by atomic mass is 9.73. The number of carbonyl (C=O) groups is 2. The number of likely N-dealkylation sites (N-methyl/N-ethyl adjacent to an activating group) is 1. The number of urea groups is 1. The van der Waals surface area contributed by atoms with E-state index in [-0.39, 0.29) is 27.8 Å². The fraction of sp³-hybridized carbons (Fsp3) is 0.387. The Labute approximate surface area is 259 Å². The summed E-state index contributed by atoms with van der Waals surface area (Å²) in [7, 11) is 2.06. The summed E-state index contributed by atoms with van der Waals surface area (Å²) in [6, 6.07) is 10.3. The number of fused-ring (bicyclic) bond motifs is 2. The van der Waals surface area contributed by atoms with Gasteiger partial charge in [0, 0.05) is 67.3 Å². The Morgan fingerprint density at radius 3 is 2.47 bits per heavy atom. The van der Waals surface area contributed by atoms with Crippen LogP contribution in [0.2, 0.25) is 10.0 Å². The lowest BCUT2D eigenvalue weighted by Gasteiger charge is -2.41. The Balaban J connectivity index is 1.19. The van der Waals surface area contributed by atoms with Crippen molar-refractivity contribution < 1.29 is 18.7 Å². The summed E-state index contributed by atoms with van der Waals surface area (Å²) in [5.41, 5.74) is 8.98. The second kappa shape index (κ2) is 11.5. The number of nitrogens with one attached hydrogen (secondary N) is 1. The highest BCUT2D eigenvalue weighted by molar-refractivity contribution is 6.36. The van der Waals surface area contributed by atoms with Gasteiger partial charge >= 0.3 is 6.03 Å². The van der Waals surface area contributed by atoms with E-state index in [0.29, 0.717) is 37.2 Å². The molecule has 12 heteroatoms. The van der Waals surface area contributed by atoms with E-state index in [0.717, 1.165) is 48.6 Å². The number of benzene rings is 2. The molecule has 9 nitrogen and oxygen atoms in total. The number of aromatic nitrogens is 1. The summed E-state index contributed by atoms with van der Waals surface area (Å²) < 4.78 is 20.2. The van der Waals surface area contributed by atoms with Gasteiger partial charge in [-0.15, -0.1) is 0 Å². The monoisotopic (exact) mass is 626 g/mol. The molecular formula is C31H33Cl2FN6O3. The molecule has 1 atom stereocenters. The Bertz CT molecular complexity index is 1590. The summed E-state index contributed by atoms with van der Waals surface area (Å²) in [4.78, 5) is 36.8. The van der Waals surface area contributed by atoms with Crippen LogP contribution >= 0.6 is 23.2 Å². The molecule has 4 heterocycles. The van der Waals surface area contributed by atoms with Crippen LogP contribution in [0.4, 0.5) is 20.7 Å². The average molecular weight is 628 g/mol. The first-order chi connectivity index (χ1) is 20.6. The fourth-order valence-electron chi connectivity index (χ4n) is 6.25. The largest absolute Gasteiger partial charge is 0.482 e. The number of hydrogen-bond acceptors (Lipinski definition) is 6. The molecule has 2 fully saturated rings. The minimum atomic E-state index is -0.705. The summed E-state index contributed by atoms with van der Waals surface area (Å²) in [5, 5.41) is 3.24. The lowest BCUT2D eigenvalue weighted by Crippen LogP contribution is -2.55. The standard InChI is InChI=1S/C31H33Cl2FN6O3/c1-18(26-22(32)5-6-23(34)27(26)33)43-25-16-20(17-36-28(25)35)19-3-4-21-24(15-19)37-29(41)31(21)7-9-39(10-8-31)30(42)40-13-11-38(2)12-14-40/h3-6,15-18H,7-14H2,1-2H3,(H2,35,36)(H,37,41)/t18-/m1/s1. The van der Waals surface area contributed by atoms with Crippen molar-refractivity contribution in [2.75, 3.05) is 57.4 Å². The van der Waals surface area contributed by atoms with Gasteiger partial charge in [0.15, 0.2) is 11.6 Å². The zero-order valence-corrected chi connectivity index (χ0v) is 25.5. The van der Waals surface area contributed by atoms with Gasteiger partial charge in [0.1, 0.15) is 11.9 Å². The van der Waals surface area contributed by atoms with Crippen molar-refractivity contribution >= 4 is 46.6 Å². The average Bonchev–Trinajstić information content (AvgIpc) is 3.26. The van der Waals surface area contributed by atoms with E-state index in [2.05, 4.69) is 22.2 Å². The lowest BCUT2D eigenvalue weighted by molar-refractivity contribution is -0.122. The molecule has 0 saturated carbocycles. The molecule has 0 aliphatic carbocycles. The van der Waals surface area contributed by atoms with Crippen LogP contribution in [0.25, 0.3) is 11.1 Å². The van der Waals surface area contributed by atoms with E-state index < -0.39 is 17.3 Å². The van der Waals surface area contributed by atoms with Gasteiger partial charge in [-0.1, -0.05) is 35.3 Å². The molecule has 0 radical (unpaired) electrons. The molecule has 1 aromatic heterocycles. The van der Waals surface area contributed by atoms with Crippen molar-refractivity contribution in [3.63, 3.8) is 0 Å². The van der Waals surface area contributed by atoms with Gasteiger partial charge in [0.05, 0.1) is 10.4 Å². The number of hydrogen-bond donors (Lipinski definition) is 2. The molecule has 0 unspecified atom stereocenters. The van der Waals surface area contributed by atoms with E-state index in [4.69, 9.17) is 33.7 Å². The number of anilines is 2. The molecule has 3 aliphatic heterocycles. The topological polar surface area (TPSA) is 104 Å². The number of carbonyl (C=O) groups excluding carboxylic acids is 2. The number of nitrogens with zero attached hydrogens (tertiary/aromatic N) is 4. The number of amides is 3. The molecule has 3 amide bonds. The first-order valence-corrected chi connectivity index (χ1v) is 15.1. The van der Waals surface area contributed by atoms with Crippen molar-refractivity contribution in [2.24, 2.45) is 0 Å². The molecule has 6 rings (SSSR count). The predicted molar refractivity (Wildman–Crippen MR) is 165 cm³/mol. The molecular weight excluding hydrogens is 594 g/mol. The van der Waals surface area contributed by atoms with Crippen molar-refractivity contribution in [1.82, 2.24) is 19.7 Å². The third-order valence-electron chi connectivity index (χ3n) is 8.88. The number of piperazine rings is 1. The number of likely N-dealkylation sites (tertiary alicyclic amines) is 1. The van der Waals surface area contributed by atoms with Crippen molar-refractivity contribution in [1.29, 1.82) is 0 Å². The summed E-state index contributed by atoms with van der Waals surface area (Å²) in [5.74, 6) is -0.185. The summed E-state index contributed by atoms with van der Waals surface area (Å²) >= 11 is 12.5. The quantitative estimate of drug-likeness (QED) is 0.367. The van der Waals surface area contributed by atoms with Crippen LogP contribution in [0.15, 0.2) is 42.6 Å². The fourth-order valence-corrected chi connectivity index (χ4v) is 6.93. The van der Waals surface area contributed by atoms with Crippen LogP contribution in [-0.2, 0) is 10.2 Å². The smallest absolute Gasteiger partial charge is 0.320 e. The van der Waals surface area contributed by atoms with E-state index in [1.807, 2.05) is 28.0 Å². The van der Waals surface area contributed by atoms with E-state index >= 15 is 0 Å². The number of nitrogens with two attached hydrogens (primary N) is 1. The van der Waals surface area contributed by atoms with Crippen molar-refractivity contribution in [2.45, 2.75) is 31.3 Å². The summed E-state index contributed by atoms with van der Waals surface area (Å²) in [6.45, 7) is 5.94. The highest BCUT2D eigenvalue weighted by Gasteiger charge is 2.49. The van der Waals surface area contributed by atoms with Crippen molar-refractivity contribution in [3.8, 4) is 16.9 Å². The SMILES string of the molecule is C[C@@H](Oc1cc(-c2ccc3c(c2)NC(=O)C32CCN(C(=O)N3CCN(C)CC3)CC2)cnc1N)c1c(Cl)ccc(F)c1Cl. The molecule has 2 saturated heterocycles. The van der Waals surface area contributed by atoms with Crippen LogP contribution in [0.1, 0.15) is 37.0 Å². The number of nitrogen functional groups attached to an aromatic ring is 1. The number of ether oxygens (including phenoxy) is 1. The minimum absolute atomic E-state index is 0.0384. The van der Waals surface area contributed by atoms with Crippen molar-refractivity contribution in [3.05, 3.63) is 69.6 Å². The van der Waals surface area contributed by atoms with Gasteiger partial charge in [-0.05, 0) is 62.2 Å². The van der Waals surface area contributed by atoms with Gasteiger partial charge in [-0.25, -0.2) is 14.2 Å². The van der Waals surface area contributed by atoms with Gasteiger partial charge in [0.25, 0.3) is 0 Å². The van der Waals surface area contributed by atoms with Crippen LogP contribution in [0.5, 0.6) is 5.75 Å². The van der Waals surface area contributed by atoms with E-state index in [9.17, 15) is 14.0 Å². The Morgan fingerprint density at radius 2 is 1.74 bits per heavy atom. The zero-order valence-electron chi connectivity index (χ0n) is 24.0. The van der Waals surface area contributed by atoms with Crippen LogP contribution in [0.3, 0.4) is 0 Å². The number of piperidine rings is 1. The van der Waals surface area contributed by atoms with Gasteiger partial charge < -0.3 is 30.5 Å². The molecule has 3 aromatic rings. The maximum absolute atomic E-state index is 14.1. The van der Waals surface area contributed by atoms with Crippen LogP contribution < -0.4 is 15.8 Å². The molecule has 3 N–H and O–H groups in total. The first kappa shape index (κ1) is 29.5. The maximum Gasteiger partial charge on any atom is 0.320 e. The highest BCUT2D eigenvalue weighted by Crippen LogP contribution is 2.46. The third kappa shape index (κ3) is 5.36. The number of rotatable bonds is 4. The molecule has 43 heavy (non-hydrogen) atoms. The van der Waals surface area contributed by atoms with Crippen LogP contribution in [-0.4, -0.2) is 77.9 Å². The minimum Gasteiger partial charge on any atom is -0.482 e. The second-order valence-corrected chi connectivity index (χ2v) is 12.3. The van der Waals surface area contributed by atoms with Gasteiger partial charge in [-0.3, -0.25) is 4.79 Å². The highest BCUT2D eigenvalue weighted by atomic mass is 35.5. The Hall–Kier alpha value is -3.60. The predicted octanol–water partition coefficient (Wildman–Crippen LogP) is 5.57. The summed E-state index contributed by atoms with van der Waals surface area (Å²) in [6.07, 6.45) is 2.05. The second-order valence-electron chi connectivity index (χ2n) is 11.5. The van der Waals surface area contributed by atoms with E-state index in [1.54, 1.807) is 19.2 Å². The Kier molecular flexibility index (Phi) is 7.87. The maximum atomic E-state index is 14.1. The molecule has 2 aromatic carbocycles. The van der Waals surface area contributed by atoms with E-state index in [1.165, 1.54) is 12.1 Å². The zero-order chi connectivity index (χ0) is 30.5. The van der Waals surface area contributed by atoms with Gasteiger partial charge in [0.2, 0.25) is 5.91 Å². The third-order valence-corrected chi connectivity index (χ3v) is 9.60. The molecule has 3 aliphatic rings. The normalized spacial score (nSPS) is 18.9. The van der Waals surface area contributed by atoms with Crippen LogP contribution in [0, 0.1) is 5.82 Å². The molecule has 226 valence electrons. The first-order valence-electron chi connectivity index (χ1n) is 14.3. The number of halogens is 3. The molecule has 1 spiro atoms.